The SMILES string of the molecule is O/C(=C\C(=[OH+])c1ccccc1)c1ccccc1.O/C(=C\C(=[OH+])c1ccccc1)c1ccccc1.[Nd+3].[OH-]. The van der Waals surface area contributed by atoms with E-state index in [1.165, 1.54) is 12.2 Å². The molecule has 4 aromatic rings. The van der Waals surface area contributed by atoms with E-state index in [-0.39, 0.29) is 69.4 Å². The molecule has 5 N–H and O–H groups in total. The molecule has 0 aliphatic heterocycles. The van der Waals surface area contributed by atoms with Gasteiger partial charge in [-0.1, -0.05) is 97.1 Å². The average Bonchev–Trinajstić information content (AvgIpc) is 2.91. The summed E-state index contributed by atoms with van der Waals surface area (Å²) in [4.78, 5) is 19.7. The molecule has 1 radical (unpaired) electrons. The molecule has 0 fully saturated rings. The van der Waals surface area contributed by atoms with E-state index in [0.717, 1.165) is 0 Å². The summed E-state index contributed by atoms with van der Waals surface area (Å²) in [6.07, 6.45) is 2.70. The number of aliphatic hydroxyl groups is 2. The molecule has 0 heterocycles. The van der Waals surface area contributed by atoms with Gasteiger partial charge in [0.2, 0.25) is 0 Å². The molecule has 0 spiro atoms. The first-order valence-corrected chi connectivity index (χ1v) is 10.7. The fraction of sp³-hybridized carbons (Fsp3) is 0. The molecule has 4 rings (SSSR count). The number of aliphatic hydroxyl groups excluding tert-OH is 2. The number of hydrogen-bond acceptors (Lipinski definition) is 3. The molecule has 6 heteroatoms. The molecule has 36 heavy (non-hydrogen) atoms. The van der Waals surface area contributed by atoms with Crippen molar-refractivity contribution in [3.05, 3.63) is 156 Å². The van der Waals surface area contributed by atoms with E-state index in [9.17, 15) is 19.8 Å². The summed E-state index contributed by atoms with van der Waals surface area (Å²) in [7, 11) is 0. The van der Waals surface area contributed by atoms with Gasteiger partial charge in [-0.25, -0.2) is 0 Å². The van der Waals surface area contributed by atoms with Crippen molar-refractivity contribution in [2.45, 2.75) is 0 Å². The molecule has 0 saturated heterocycles. The molecule has 0 bridgehead atoms. The average molecular weight is 612 g/mol. The fourth-order valence-electron chi connectivity index (χ4n) is 3.03. The number of hydrogen-bond donors (Lipinski definition) is 2. The van der Waals surface area contributed by atoms with E-state index in [1.807, 2.05) is 72.8 Å². The van der Waals surface area contributed by atoms with Crippen LogP contribution in [0.15, 0.2) is 133 Å². The predicted octanol–water partition coefficient (Wildman–Crippen LogP) is 6.18. The first kappa shape index (κ1) is 30.6. The molecule has 5 nitrogen and oxygen atoms in total. The van der Waals surface area contributed by atoms with Crippen molar-refractivity contribution in [3.8, 4) is 0 Å². The van der Waals surface area contributed by atoms with Gasteiger partial charge in [0.15, 0.2) is 0 Å². The Bertz CT molecular complexity index is 1170. The Morgan fingerprint density at radius 3 is 0.917 bits per heavy atom. The zero-order valence-corrected chi connectivity index (χ0v) is 22.6. The Kier molecular flexibility index (Phi) is 13.9. The minimum atomic E-state index is 0. The molecule has 177 valence electrons. The molecule has 0 aromatic heterocycles. The second-order valence-electron chi connectivity index (χ2n) is 7.29. The Morgan fingerprint density at radius 1 is 0.444 bits per heavy atom. The molecular weight excluding hydrogens is 585 g/mol. The van der Waals surface area contributed by atoms with E-state index in [4.69, 9.17) is 0 Å². The topological polar surface area (TPSA) is 113 Å². The van der Waals surface area contributed by atoms with E-state index >= 15 is 0 Å². The van der Waals surface area contributed by atoms with Gasteiger partial charge in [-0.05, 0) is 24.3 Å². The summed E-state index contributed by atoms with van der Waals surface area (Å²) in [5.74, 6) is 0.192. The number of benzene rings is 4. The van der Waals surface area contributed by atoms with Gasteiger partial charge in [-0.15, -0.1) is 0 Å². The van der Waals surface area contributed by atoms with Crippen LogP contribution in [-0.4, -0.2) is 36.8 Å². The number of rotatable bonds is 6. The number of ketones is 2. The normalized spacial score (nSPS) is 10.6. The van der Waals surface area contributed by atoms with Gasteiger partial charge in [0.05, 0.1) is 23.3 Å². The van der Waals surface area contributed by atoms with Crippen LogP contribution in [-0.2, 0) is 0 Å². The fourth-order valence-corrected chi connectivity index (χ4v) is 3.03. The van der Waals surface area contributed by atoms with Gasteiger partial charge < -0.3 is 15.7 Å². The maximum absolute atomic E-state index is 9.83. The van der Waals surface area contributed by atoms with Crippen molar-refractivity contribution in [1.29, 1.82) is 0 Å². The molecule has 0 aliphatic carbocycles. The maximum Gasteiger partial charge on any atom is 3.00 e. The van der Waals surface area contributed by atoms with Crippen LogP contribution >= 0.6 is 0 Å². The van der Waals surface area contributed by atoms with E-state index < -0.39 is 0 Å². The van der Waals surface area contributed by atoms with Crippen LogP contribution in [0.3, 0.4) is 0 Å². The third-order valence-corrected chi connectivity index (χ3v) is 4.83. The van der Waals surface area contributed by atoms with E-state index in [2.05, 4.69) is 0 Å². The summed E-state index contributed by atoms with van der Waals surface area (Å²) in [6.45, 7) is 0. The first-order valence-electron chi connectivity index (χ1n) is 10.7. The second kappa shape index (κ2) is 16.3. The van der Waals surface area contributed by atoms with Crippen molar-refractivity contribution in [2.75, 3.05) is 0 Å². The molecule has 0 saturated carbocycles. The molecule has 4 aromatic carbocycles. The Morgan fingerprint density at radius 2 is 0.667 bits per heavy atom. The quantitative estimate of drug-likeness (QED) is 0.117. The summed E-state index contributed by atoms with van der Waals surface area (Å²) in [5, 5.41) is 19.7. The molecule has 0 amide bonds. The predicted molar refractivity (Wildman–Crippen MR) is 141 cm³/mol. The maximum atomic E-state index is 9.83. The number of allylic oxidation sites excluding steroid dienone is 2. The zero-order chi connectivity index (χ0) is 24.2. The summed E-state index contributed by atoms with van der Waals surface area (Å²) < 4.78 is 0. The second-order valence-corrected chi connectivity index (χ2v) is 7.29. The Labute approximate surface area is 243 Å². The molecule has 0 unspecified atom stereocenters. The van der Waals surface area contributed by atoms with Crippen molar-refractivity contribution in [2.24, 2.45) is 0 Å². The van der Waals surface area contributed by atoms with Gasteiger partial charge in [-0.3, -0.25) is 9.59 Å². The van der Waals surface area contributed by atoms with Gasteiger partial charge in [0.25, 0.3) is 0 Å². The van der Waals surface area contributed by atoms with Crippen LogP contribution in [0.2, 0.25) is 0 Å². The van der Waals surface area contributed by atoms with Crippen LogP contribution in [0.25, 0.3) is 11.5 Å². The Hall–Kier alpha value is -3.39. The van der Waals surface area contributed by atoms with Crippen LogP contribution in [0.5, 0.6) is 0 Å². The molecule has 0 atom stereocenters. The van der Waals surface area contributed by atoms with Crippen LogP contribution in [0.1, 0.15) is 22.3 Å². The van der Waals surface area contributed by atoms with Crippen molar-refractivity contribution in [1.82, 2.24) is 0 Å². The largest absolute Gasteiger partial charge is 3.00 e. The Balaban J connectivity index is 0.000000341. The zero-order valence-electron chi connectivity index (χ0n) is 19.4. The third kappa shape index (κ3) is 9.70. The summed E-state index contributed by atoms with van der Waals surface area (Å²) in [5.41, 5.74) is 2.70. The standard InChI is InChI=1S/2C15H12O2.Nd.H2O/c2*16-14(12-7-3-1-4-8-12)11-15(17)13-9-5-2-6-10-13;;/h2*1-11,16H;;1H2/q;;+3;/p+1/b2*14-11-;;. The summed E-state index contributed by atoms with van der Waals surface area (Å²) in [6, 6.07) is 36.4. The minimum Gasteiger partial charge on any atom is -0.870 e. The molecule has 0 aliphatic rings. The van der Waals surface area contributed by atoms with Crippen molar-refractivity contribution >= 4 is 23.1 Å². The van der Waals surface area contributed by atoms with Gasteiger partial charge in [-0.2, -0.15) is 0 Å². The van der Waals surface area contributed by atoms with Gasteiger partial charge in [0, 0.05) is 11.1 Å². The first-order chi connectivity index (χ1) is 16.5. The van der Waals surface area contributed by atoms with Gasteiger partial charge in [0.1, 0.15) is 11.5 Å². The van der Waals surface area contributed by atoms with Crippen LogP contribution in [0.4, 0.5) is 0 Å². The molecular formula is C30H27NdO5+4. The number of carbonyl (C=O) groups excluding carboxylic acids is 2. The minimum absolute atomic E-state index is 0. The third-order valence-electron chi connectivity index (χ3n) is 4.83. The van der Waals surface area contributed by atoms with Crippen molar-refractivity contribution in [3.63, 3.8) is 0 Å². The van der Waals surface area contributed by atoms with Crippen LogP contribution in [0, 0.1) is 40.8 Å². The van der Waals surface area contributed by atoms with Crippen LogP contribution < -0.4 is 0 Å². The van der Waals surface area contributed by atoms with E-state index in [1.54, 1.807) is 48.5 Å². The monoisotopic (exact) mass is 609 g/mol. The van der Waals surface area contributed by atoms with Crippen molar-refractivity contribution < 1.29 is 66.1 Å². The van der Waals surface area contributed by atoms with E-state index in [0.29, 0.717) is 22.3 Å². The van der Waals surface area contributed by atoms with Gasteiger partial charge >= 0.3 is 52.4 Å². The summed E-state index contributed by atoms with van der Waals surface area (Å²) >= 11 is 0. The smallest absolute Gasteiger partial charge is 0.870 e.